The lowest BCUT2D eigenvalue weighted by Crippen LogP contribution is -2.43. The number of hydrogen-bond donors (Lipinski definition) is 1. The lowest BCUT2D eigenvalue weighted by atomic mass is 9.97. The number of halogens is 2. The topological polar surface area (TPSA) is 75.7 Å². The molecule has 0 saturated carbocycles. The molecule has 1 amide bonds. The van der Waals surface area contributed by atoms with Crippen LogP contribution in [0.3, 0.4) is 0 Å². The standard InChI is InChI=1S/C20H22Cl2N2O4S/c21-16-5-7-17(8-6-16)29(26,27)24-12-9-15(10-13-24)20(25)23-11-14-28-19-4-2-1-3-18(19)22/h1-8,15H,9-14H2,(H,23,25). The molecule has 0 atom stereocenters. The molecule has 6 nitrogen and oxygen atoms in total. The fourth-order valence-electron chi connectivity index (χ4n) is 3.16. The van der Waals surface area contributed by atoms with Crippen molar-refractivity contribution in [2.45, 2.75) is 17.7 Å². The Labute approximate surface area is 180 Å². The van der Waals surface area contributed by atoms with Gasteiger partial charge in [-0.1, -0.05) is 35.3 Å². The Bertz CT molecular complexity index is 943. The smallest absolute Gasteiger partial charge is 0.243 e. The number of hydrogen-bond acceptors (Lipinski definition) is 4. The Morgan fingerprint density at radius 2 is 1.72 bits per heavy atom. The van der Waals surface area contributed by atoms with E-state index in [4.69, 9.17) is 27.9 Å². The third kappa shape index (κ3) is 5.63. The molecule has 1 heterocycles. The van der Waals surface area contributed by atoms with Crippen LogP contribution in [-0.2, 0) is 14.8 Å². The fraction of sp³-hybridized carbons (Fsp3) is 0.350. The molecule has 1 fully saturated rings. The van der Waals surface area contributed by atoms with Crippen LogP contribution in [0.4, 0.5) is 0 Å². The monoisotopic (exact) mass is 456 g/mol. The minimum absolute atomic E-state index is 0.0868. The number of nitrogens with one attached hydrogen (secondary N) is 1. The Morgan fingerprint density at radius 3 is 2.38 bits per heavy atom. The van der Waals surface area contributed by atoms with Crippen LogP contribution in [0.2, 0.25) is 10.0 Å². The largest absolute Gasteiger partial charge is 0.490 e. The summed E-state index contributed by atoms with van der Waals surface area (Å²) in [5.74, 6) is 0.271. The zero-order chi connectivity index (χ0) is 20.9. The number of para-hydroxylation sites is 1. The van der Waals surface area contributed by atoms with Gasteiger partial charge in [-0.3, -0.25) is 4.79 Å². The SMILES string of the molecule is O=C(NCCOc1ccccc1Cl)C1CCN(S(=O)(=O)c2ccc(Cl)cc2)CC1. The molecule has 0 aliphatic carbocycles. The van der Waals surface area contributed by atoms with Crippen molar-refractivity contribution in [3.05, 3.63) is 58.6 Å². The molecule has 3 rings (SSSR count). The number of benzene rings is 2. The second kappa shape index (κ2) is 9.80. The number of nitrogens with zero attached hydrogens (tertiary/aromatic N) is 1. The number of carbonyl (C=O) groups excluding carboxylic acids is 1. The third-order valence-electron chi connectivity index (χ3n) is 4.77. The van der Waals surface area contributed by atoms with Crippen molar-refractivity contribution in [2.75, 3.05) is 26.2 Å². The molecule has 1 aliphatic heterocycles. The molecule has 0 aromatic heterocycles. The van der Waals surface area contributed by atoms with E-state index in [1.54, 1.807) is 24.3 Å². The normalized spacial score (nSPS) is 15.8. The first-order valence-electron chi connectivity index (χ1n) is 9.28. The maximum absolute atomic E-state index is 12.7. The summed E-state index contributed by atoms with van der Waals surface area (Å²) >= 11 is 11.8. The zero-order valence-electron chi connectivity index (χ0n) is 15.7. The van der Waals surface area contributed by atoms with Crippen molar-refractivity contribution in [3.63, 3.8) is 0 Å². The Balaban J connectivity index is 1.44. The van der Waals surface area contributed by atoms with Gasteiger partial charge < -0.3 is 10.1 Å². The summed E-state index contributed by atoms with van der Waals surface area (Å²) in [6.45, 7) is 1.27. The van der Waals surface area contributed by atoms with E-state index in [9.17, 15) is 13.2 Å². The van der Waals surface area contributed by atoms with Gasteiger partial charge in [-0.25, -0.2) is 8.42 Å². The third-order valence-corrected chi connectivity index (χ3v) is 7.25. The first-order chi connectivity index (χ1) is 13.9. The molecule has 2 aromatic carbocycles. The number of piperidine rings is 1. The summed E-state index contributed by atoms with van der Waals surface area (Å²) in [6.07, 6.45) is 0.952. The summed E-state index contributed by atoms with van der Waals surface area (Å²) in [6, 6.07) is 13.2. The zero-order valence-corrected chi connectivity index (χ0v) is 18.0. The molecule has 2 aromatic rings. The molecule has 0 unspecified atom stereocenters. The molecular formula is C20H22Cl2N2O4S. The highest BCUT2D eigenvalue weighted by Crippen LogP contribution is 2.25. The highest BCUT2D eigenvalue weighted by molar-refractivity contribution is 7.89. The van der Waals surface area contributed by atoms with Crippen molar-refractivity contribution in [1.29, 1.82) is 0 Å². The average Bonchev–Trinajstić information content (AvgIpc) is 2.72. The first kappa shape index (κ1) is 21.9. The first-order valence-corrected chi connectivity index (χ1v) is 11.5. The van der Waals surface area contributed by atoms with E-state index in [1.165, 1.54) is 16.4 Å². The number of ether oxygens (including phenoxy) is 1. The average molecular weight is 457 g/mol. The van der Waals surface area contributed by atoms with Crippen LogP contribution in [-0.4, -0.2) is 44.9 Å². The number of carbonyl (C=O) groups is 1. The number of rotatable bonds is 7. The van der Waals surface area contributed by atoms with Crippen molar-refractivity contribution < 1.29 is 17.9 Å². The highest BCUT2D eigenvalue weighted by Gasteiger charge is 2.31. The second-order valence-electron chi connectivity index (χ2n) is 6.70. The maximum Gasteiger partial charge on any atom is 0.243 e. The van der Waals surface area contributed by atoms with Gasteiger partial charge in [0.05, 0.1) is 16.5 Å². The van der Waals surface area contributed by atoms with Crippen LogP contribution in [0.5, 0.6) is 5.75 Å². The van der Waals surface area contributed by atoms with E-state index in [2.05, 4.69) is 5.32 Å². The van der Waals surface area contributed by atoms with E-state index >= 15 is 0 Å². The lowest BCUT2D eigenvalue weighted by molar-refractivity contribution is -0.126. The van der Waals surface area contributed by atoms with E-state index in [0.29, 0.717) is 54.9 Å². The Hall–Kier alpha value is -1.80. The van der Waals surface area contributed by atoms with Crippen molar-refractivity contribution in [3.8, 4) is 5.75 Å². The van der Waals surface area contributed by atoms with Gasteiger partial charge in [-0.05, 0) is 49.2 Å². The van der Waals surface area contributed by atoms with Crippen molar-refractivity contribution >= 4 is 39.1 Å². The van der Waals surface area contributed by atoms with Gasteiger partial charge in [0.15, 0.2) is 0 Å². The van der Waals surface area contributed by atoms with Crippen LogP contribution in [0.25, 0.3) is 0 Å². The van der Waals surface area contributed by atoms with E-state index in [-0.39, 0.29) is 16.7 Å². The van der Waals surface area contributed by atoms with Gasteiger partial charge in [-0.15, -0.1) is 0 Å². The van der Waals surface area contributed by atoms with Crippen LogP contribution in [0.15, 0.2) is 53.4 Å². The highest BCUT2D eigenvalue weighted by atomic mass is 35.5. The van der Waals surface area contributed by atoms with E-state index < -0.39 is 10.0 Å². The molecule has 156 valence electrons. The minimum Gasteiger partial charge on any atom is -0.490 e. The minimum atomic E-state index is -3.57. The quantitative estimate of drug-likeness (QED) is 0.645. The fourth-order valence-corrected chi connectivity index (χ4v) is 4.94. The molecule has 0 radical (unpaired) electrons. The summed E-state index contributed by atoms with van der Waals surface area (Å²) in [7, 11) is -3.57. The Kier molecular flexibility index (Phi) is 7.40. The van der Waals surface area contributed by atoms with Crippen molar-refractivity contribution in [2.24, 2.45) is 5.92 Å². The second-order valence-corrected chi connectivity index (χ2v) is 9.48. The predicted octanol–water partition coefficient (Wildman–Crippen LogP) is 3.59. The number of sulfonamides is 1. The molecule has 1 saturated heterocycles. The molecule has 9 heteroatoms. The van der Waals surface area contributed by atoms with Gasteiger partial charge >= 0.3 is 0 Å². The van der Waals surface area contributed by atoms with Crippen LogP contribution >= 0.6 is 23.2 Å². The lowest BCUT2D eigenvalue weighted by Gasteiger charge is -2.30. The number of amides is 1. The van der Waals surface area contributed by atoms with Gasteiger partial charge in [0.1, 0.15) is 12.4 Å². The summed E-state index contributed by atoms with van der Waals surface area (Å²) in [5, 5.41) is 3.85. The maximum atomic E-state index is 12.7. The summed E-state index contributed by atoms with van der Waals surface area (Å²) in [4.78, 5) is 12.6. The predicted molar refractivity (Wildman–Crippen MR) is 113 cm³/mol. The molecule has 0 bridgehead atoms. The van der Waals surface area contributed by atoms with E-state index in [1.807, 2.05) is 12.1 Å². The van der Waals surface area contributed by atoms with Crippen LogP contribution in [0, 0.1) is 5.92 Å². The Morgan fingerprint density at radius 1 is 1.07 bits per heavy atom. The molecule has 0 spiro atoms. The van der Waals surface area contributed by atoms with Gasteiger partial charge in [-0.2, -0.15) is 4.31 Å². The summed E-state index contributed by atoms with van der Waals surface area (Å²) in [5.41, 5.74) is 0. The molecule has 1 aliphatic rings. The molecule has 1 N–H and O–H groups in total. The van der Waals surface area contributed by atoms with Gasteiger partial charge in [0.2, 0.25) is 15.9 Å². The van der Waals surface area contributed by atoms with Gasteiger partial charge in [0.25, 0.3) is 0 Å². The van der Waals surface area contributed by atoms with Crippen LogP contribution < -0.4 is 10.1 Å². The van der Waals surface area contributed by atoms with Crippen LogP contribution in [0.1, 0.15) is 12.8 Å². The molecular weight excluding hydrogens is 435 g/mol. The summed E-state index contributed by atoms with van der Waals surface area (Å²) < 4.78 is 32.4. The van der Waals surface area contributed by atoms with Gasteiger partial charge in [0, 0.05) is 24.0 Å². The van der Waals surface area contributed by atoms with Crippen molar-refractivity contribution in [1.82, 2.24) is 9.62 Å². The molecule has 29 heavy (non-hydrogen) atoms. The van der Waals surface area contributed by atoms with E-state index in [0.717, 1.165) is 0 Å².